The molecular formula is C19H29N3O2. The summed E-state index contributed by atoms with van der Waals surface area (Å²) >= 11 is 0. The smallest absolute Gasteiger partial charge is 0.224 e. The number of nitrogens with two attached hydrogens (primary N) is 1. The average Bonchev–Trinajstić information content (AvgIpc) is 2.58. The van der Waals surface area contributed by atoms with Crippen molar-refractivity contribution in [1.29, 1.82) is 0 Å². The molecule has 24 heavy (non-hydrogen) atoms. The van der Waals surface area contributed by atoms with Gasteiger partial charge in [0.2, 0.25) is 11.8 Å². The second-order valence-electron chi connectivity index (χ2n) is 6.69. The third-order valence-corrected chi connectivity index (χ3v) is 4.73. The Balaban J connectivity index is 1.93. The topological polar surface area (TPSA) is 66.6 Å². The Morgan fingerprint density at radius 2 is 2.00 bits per heavy atom. The monoisotopic (exact) mass is 331 g/mol. The van der Waals surface area contributed by atoms with Crippen LogP contribution in [0.5, 0.6) is 0 Å². The fourth-order valence-electron chi connectivity index (χ4n) is 3.34. The normalized spacial score (nSPS) is 19.0. The van der Waals surface area contributed by atoms with Crippen molar-refractivity contribution in [3.63, 3.8) is 0 Å². The fraction of sp³-hybridized carbons (Fsp3) is 0.579. The van der Waals surface area contributed by atoms with Crippen LogP contribution < -0.4 is 5.73 Å². The maximum atomic E-state index is 12.6. The van der Waals surface area contributed by atoms with E-state index in [0.717, 1.165) is 31.4 Å². The minimum atomic E-state index is -0.0116. The van der Waals surface area contributed by atoms with E-state index in [9.17, 15) is 9.59 Å². The molecule has 1 fully saturated rings. The third-order valence-electron chi connectivity index (χ3n) is 4.73. The standard InChI is InChI=1S/C19H29N3O2/c1-15(20)18-10-6-7-12-22(18)19(24)11-13-21(16(2)23)14-17-8-4-3-5-9-17/h3-5,8-9,15,18H,6-7,10-14,20H2,1-2H3. The van der Waals surface area contributed by atoms with Gasteiger partial charge in [-0.3, -0.25) is 9.59 Å². The third kappa shape index (κ3) is 5.06. The molecule has 132 valence electrons. The fourth-order valence-corrected chi connectivity index (χ4v) is 3.34. The lowest BCUT2D eigenvalue weighted by Gasteiger charge is -2.38. The molecule has 0 spiro atoms. The Hall–Kier alpha value is -1.88. The molecule has 1 saturated heterocycles. The Morgan fingerprint density at radius 3 is 2.62 bits per heavy atom. The molecule has 2 N–H and O–H groups in total. The highest BCUT2D eigenvalue weighted by Crippen LogP contribution is 2.20. The van der Waals surface area contributed by atoms with E-state index in [0.29, 0.717) is 19.5 Å². The molecular weight excluding hydrogens is 302 g/mol. The zero-order chi connectivity index (χ0) is 17.5. The van der Waals surface area contributed by atoms with E-state index in [1.54, 1.807) is 11.8 Å². The van der Waals surface area contributed by atoms with Crippen LogP contribution in [-0.4, -0.2) is 46.8 Å². The number of carbonyl (C=O) groups excluding carboxylic acids is 2. The summed E-state index contributed by atoms with van der Waals surface area (Å²) < 4.78 is 0. The van der Waals surface area contributed by atoms with Crippen molar-refractivity contribution < 1.29 is 9.59 Å². The van der Waals surface area contributed by atoms with Gasteiger partial charge in [0.1, 0.15) is 0 Å². The largest absolute Gasteiger partial charge is 0.338 e. The molecule has 2 unspecified atom stereocenters. The average molecular weight is 331 g/mol. The van der Waals surface area contributed by atoms with Crippen LogP contribution in [-0.2, 0) is 16.1 Å². The molecule has 1 aliphatic rings. The Labute approximate surface area is 144 Å². The van der Waals surface area contributed by atoms with Gasteiger partial charge >= 0.3 is 0 Å². The summed E-state index contributed by atoms with van der Waals surface area (Å²) in [6, 6.07) is 9.98. The first-order chi connectivity index (χ1) is 11.5. The number of amides is 2. The van der Waals surface area contributed by atoms with E-state index in [1.165, 1.54) is 0 Å². The first kappa shape index (κ1) is 18.5. The van der Waals surface area contributed by atoms with Crippen LogP contribution in [0.4, 0.5) is 0 Å². The van der Waals surface area contributed by atoms with Crippen molar-refractivity contribution in [2.24, 2.45) is 5.73 Å². The number of hydrogen-bond donors (Lipinski definition) is 1. The molecule has 0 aromatic heterocycles. The molecule has 5 heteroatoms. The van der Waals surface area contributed by atoms with Gasteiger partial charge in [0.05, 0.1) is 0 Å². The number of rotatable bonds is 6. The Morgan fingerprint density at radius 1 is 1.29 bits per heavy atom. The summed E-state index contributed by atoms with van der Waals surface area (Å²) in [5, 5.41) is 0. The van der Waals surface area contributed by atoms with E-state index < -0.39 is 0 Å². The molecule has 0 aliphatic carbocycles. The first-order valence-corrected chi connectivity index (χ1v) is 8.83. The molecule has 1 heterocycles. The van der Waals surface area contributed by atoms with Crippen molar-refractivity contribution >= 4 is 11.8 Å². The van der Waals surface area contributed by atoms with Gasteiger partial charge < -0.3 is 15.5 Å². The van der Waals surface area contributed by atoms with Crippen LogP contribution in [0.15, 0.2) is 30.3 Å². The van der Waals surface area contributed by atoms with Crippen molar-refractivity contribution in [3.8, 4) is 0 Å². The number of benzene rings is 1. The van der Waals surface area contributed by atoms with Crippen LogP contribution in [0.25, 0.3) is 0 Å². The zero-order valence-corrected chi connectivity index (χ0v) is 14.8. The number of nitrogens with zero attached hydrogens (tertiary/aromatic N) is 2. The highest BCUT2D eigenvalue weighted by Gasteiger charge is 2.29. The Bertz CT molecular complexity index is 545. The highest BCUT2D eigenvalue weighted by atomic mass is 16.2. The second kappa shape index (κ2) is 8.83. The predicted molar refractivity (Wildman–Crippen MR) is 95.2 cm³/mol. The SMILES string of the molecule is CC(=O)N(CCC(=O)N1CCCCC1C(C)N)Cc1ccccc1. The van der Waals surface area contributed by atoms with Crippen LogP contribution in [0.2, 0.25) is 0 Å². The Kier molecular flexibility index (Phi) is 6.79. The predicted octanol–water partition coefficient (Wildman–Crippen LogP) is 2.15. The van der Waals surface area contributed by atoms with Crippen molar-refractivity contribution in [2.75, 3.05) is 13.1 Å². The van der Waals surface area contributed by atoms with Crippen LogP contribution in [0, 0.1) is 0 Å². The molecule has 5 nitrogen and oxygen atoms in total. The summed E-state index contributed by atoms with van der Waals surface area (Å²) in [5.74, 6) is 0.102. The van der Waals surface area contributed by atoms with Gasteiger partial charge in [0.15, 0.2) is 0 Å². The zero-order valence-electron chi connectivity index (χ0n) is 14.8. The van der Waals surface area contributed by atoms with Crippen molar-refractivity contribution in [3.05, 3.63) is 35.9 Å². The summed E-state index contributed by atoms with van der Waals surface area (Å²) in [7, 11) is 0. The number of likely N-dealkylation sites (tertiary alicyclic amines) is 1. The van der Waals surface area contributed by atoms with E-state index in [1.807, 2.05) is 42.2 Å². The van der Waals surface area contributed by atoms with Crippen LogP contribution in [0.3, 0.4) is 0 Å². The lowest BCUT2D eigenvalue weighted by atomic mass is 9.96. The lowest BCUT2D eigenvalue weighted by molar-refractivity contribution is -0.137. The van der Waals surface area contributed by atoms with E-state index in [4.69, 9.17) is 5.73 Å². The van der Waals surface area contributed by atoms with Crippen molar-refractivity contribution in [1.82, 2.24) is 9.80 Å². The molecule has 0 bridgehead atoms. The van der Waals surface area contributed by atoms with E-state index in [2.05, 4.69) is 0 Å². The molecule has 2 atom stereocenters. The van der Waals surface area contributed by atoms with E-state index in [-0.39, 0.29) is 23.9 Å². The number of carbonyl (C=O) groups is 2. The summed E-state index contributed by atoms with van der Waals surface area (Å²) in [5.41, 5.74) is 7.12. The van der Waals surface area contributed by atoms with Gasteiger partial charge in [-0.25, -0.2) is 0 Å². The van der Waals surface area contributed by atoms with Gasteiger partial charge in [-0.2, -0.15) is 0 Å². The lowest BCUT2D eigenvalue weighted by Crippen LogP contribution is -2.52. The van der Waals surface area contributed by atoms with Crippen LogP contribution >= 0.6 is 0 Å². The van der Waals surface area contributed by atoms with E-state index >= 15 is 0 Å². The summed E-state index contributed by atoms with van der Waals surface area (Å²) in [6.07, 6.45) is 3.50. The quantitative estimate of drug-likeness (QED) is 0.868. The molecule has 1 aliphatic heterocycles. The van der Waals surface area contributed by atoms with Gasteiger partial charge in [-0.1, -0.05) is 30.3 Å². The molecule has 1 aromatic rings. The number of piperidine rings is 1. The first-order valence-electron chi connectivity index (χ1n) is 8.83. The van der Waals surface area contributed by atoms with Gasteiger partial charge in [-0.15, -0.1) is 0 Å². The summed E-state index contributed by atoms with van der Waals surface area (Å²) in [4.78, 5) is 28.2. The highest BCUT2D eigenvalue weighted by molar-refractivity contribution is 5.78. The summed E-state index contributed by atoms with van der Waals surface area (Å²) in [6.45, 7) is 5.29. The molecule has 2 amide bonds. The maximum absolute atomic E-state index is 12.6. The molecule has 0 saturated carbocycles. The van der Waals surface area contributed by atoms with Crippen molar-refractivity contribution in [2.45, 2.75) is 58.2 Å². The van der Waals surface area contributed by atoms with Crippen LogP contribution in [0.1, 0.15) is 45.1 Å². The second-order valence-corrected chi connectivity index (χ2v) is 6.69. The minimum Gasteiger partial charge on any atom is -0.338 e. The minimum absolute atomic E-state index is 0.00552. The van der Waals surface area contributed by atoms with Gasteiger partial charge in [0.25, 0.3) is 0 Å². The molecule has 1 aromatic carbocycles. The van der Waals surface area contributed by atoms with Gasteiger partial charge in [-0.05, 0) is 31.7 Å². The molecule has 2 rings (SSSR count). The number of hydrogen-bond acceptors (Lipinski definition) is 3. The van der Waals surface area contributed by atoms with Gasteiger partial charge in [0, 0.05) is 45.1 Å². The molecule has 0 radical (unpaired) electrons. The maximum Gasteiger partial charge on any atom is 0.224 e.